The van der Waals surface area contributed by atoms with Crippen molar-refractivity contribution < 1.29 is 4.79 Å². The Morgan fingerprint density at radius 2 is 2.16 bits per heavy atom. The lowest BCUT2D eigenvalue weighted by Gasteiger charge is -2.33. The van der Waals surface area contributed by atoms with Crippen molar-refractivity contribution in [2.24, 2.45) is 0 Å². The fourth-order valence-electron chi connectivity index (χ4n) is 2.39. The summed E-state index contributed by atoms with van der Waals surface area (Å²) < 4.78 is 0. The van der Waals surface area contributed by atoms with Crippen LogP contribution in [0.25, 0.3) is 0 Å². The first-order valence-corrected chi connectivity index (χ1v) is 7.58. The number of nitrogens with zero attached hydrogens (tertiary/aromatic N) is 1. The number of benzene rings is 1. The first-order valence-electron chi connectivity index (χ1n) is 6.36. The van der Waals surface area contributed by atoms with Crippen LogP contribution in [-0.2, 0) is 0 Å². The minimum absolute atomic E-state index is 0. The molecule has 0 saturated carbocycles. The topological polar surface area (TPSA) is 32.3 Å². The van der Waals surface area contributed by atoms with Crippen LogP contribution < -0.4 is 5.32 Å². The van der Waals surface area contributed by atoms with Crippen LogP contribution in [0.3, 0.4) is 0 Å². The van der Waals surface area contributed by atoms with E-state index in [4.69, 9.17) is 0 Å². The predicted molar refractivity (Wildman–Crippen MR) is 83.5 cm³/mol. The number of carbonyl (C=O) groups excluding carboxylic acids is 1. The molecule has 0 radical (unpaired) electrons. The Balaban J connectivity index is 0.00000180. The van der Waals surface area contributed by atoms with E-state index in [0.717, 1.165) is 36.4 Å². The zero-order valence-corrected chi connectivity index (χ0v) is 13.0. The smallest absolute Gasteiger partial charge is 0.255 e. The molecule has 1 aromatic rings. The van der Waals surface area contributed by atoms with Gasteiger partial charge >= 0.3 is 0 Å². The number of amides is 1. The Labute approximate surface area is 125 Å². The molecule has 1 aliphatic heterocycles. The van der Waals surface area contributed by atoms with E-state index >= 15 is 0 Å². The van der Waals surface area contributed by atoms with Gasteiger partial charge in [-0.3, -0.25) is 4.79 Å². The van der Waals surface area contributed by atoms with Crippen LogP contribution in [0.2, 0.25) is 0 Å². The van der Waals surface area contributed by atoms with Gasteiger partial charge in [-0.2, -0.15) is 0 Å². The van der Waals surface area contributed by atoms with E-state index in [1.165, 1.54) is 0 Å². The van der Waals surface area contributed by atoms with Gasteiger partial charge in [-0.1, -0.05) is 12.1 Å². The maximum atomic E-state index is 12.5. The van der Waals surface area contributed by atoms with Crippen molar-refractivity contribution in [2.45, 2.75) is 23.8 Å². The van der Waals surface area contributed by atoms with E-state index in [-0.39, 0.29) is 18.3 Å². The van der Waals surface area contributed by atoms with Crippen molar-refractivity contribution in [3.8, 4) is 0 Å². The standard InChI is InChI=1S/C14H20N2OS.ClH/c1-15-11-6-5-9-16(10-11)14(17)12-7-3-4-8-13(12)18-2;/h3-4,7-8,11,15H,5-6,9-10H2,1-2H3;1H. The third-order valence-electron chi connectivity index (χ3n) is 3.45. The van der Waals surface area contributed by atoms with Gasteiger partial charge in [0.15, 0.2) is 0 Å². The first kappa shape index (κ1) is 16.3. The molecule has 1 unspecified atom stereocenters. The Morgan fingerprint density at radius 3 is 2.84 bits per heavy atom. The van der Waals surface area contributed by atoms with Gasteiger partial charge in [-0.15, -0.1) is 24.2 Å². The quantitative estimate of drug-likeness (QED) is 0.871. The van der Waals surface area contributed by atoms with E-state index in [1.54, 1.807) is 11.8 Å². The van der Waals surface area contributed by atoms with E-state index in [9.17, 15) is 4.79 Å². The van der Waals surface area contributed by atoms with Crippen molar-refractivity contribution in [2.75, 3.05) is 26.4 Å². The van der Waals surface area contributed by atoms with E-state index in [0.29, 0.717) is 6.04 Å². The van der Waals surface area contributed by atoms with E-state index in [2.05, 4.69) is 5.32 Å². The molecule has 0 bridgehead atoms. The summed E-state index contributed by atoms with van der Waals surface area (Å²) in [4.78, 5) is 15.6. The number of halogens is 1. The van der Waals surface area contributed by atoms with Crippen molar-refractivity contribution >= 4 is 30.1 Å². The molecule has 1 aromatic carbocycles. The summed E-state index contributed by atoms with van der Waals surface area (Å²) in [6.45, 7) is 1.69. The van der Waals surface area contributed by atoms with Crippen LogP contribution in [0.4, 0.5) is 0 Å². The summed E-state index contributed by atoms with van der Waals surface area (Å²) in [5.41, 5.74) is 0.835. The molecular formula is C14H21ClN2OS. The summed E-state index contributed by atoms with van der Waals surface area (Å²) in [5, 5.41) is 3.27. The largest absolute Gasteiger partial charge is 0.337 e. The van der Waals surface area contributed by atoms with Gasteiger partial charge in [0.2, 0.25) is 0 Å². The van der Waals surface area contributed by atoms with Gasteiger partial charge in [-0.25, -0.2) is 0 Å². The lowest BCUT2D eigenvalue weighted by atomic mass is 10.0. The number of likely N-dealkylation sites (N-methyl/N-ethyl adjacent to an activating group) is 1. The highest BCUT2D eigenvalue weighted by atomic mass is 35.5. The van der Waals surface area contributed by atoms with Crippen LogP contribution in [0.15, 0.2) is 29.2 Å². The van der Waals surface area contributed by atoms with Gasteiger partial charge in [0.1, 0.15) is 0 Å². The normalized spacial score (nSPS) is 18.8. The molecule has 106 valence electrons. The molecule has 0 aliphatic carbocycles. The van der Waals surface area contributed by atoms with E-state index < -0.39 is 0 Å². The Morgan fingerprint density at radius 1 is 1.42 bits per heavy atom. The molecule has 0 aromatic heterocycles. The minimum atomic E-state index is 0. The molecule has 1 fully saturated rings. The number of carbonyl (C=O) groups is 1. The Bertz CT molecular complexity index is 428. The summed E-state index contributed by atoms with van der Waals surface area (Å²) in [5.74, 6) is 0.167. The second-order valence-electron chi connectivity index (χ2n) is 4.58. The molecule has 5 heteroatoms. The number of likely N-dealkylation sites (tertiary alicyclic amines) is 1. The van der Waals surface area contributed by atoms with Crippen molar-refractivity contribution in [1.82, 2.24) is 10.2 Å². The summed E-state index contributed by atoms with van der Waals surface area (Å²) in [6, 6.07) is 8.29. The molecule has 1 N–H and O–H groups in total. The molecule has 3 nitrogen and oxygen atoms in total. The lowest BCUT2D eigenvalue weighted by Crippen LogP contribution is -2.47. The van der Waals surface area contributed by atoms with Crippen LogP contribution in [0.5, 0.6) is 0 Å². The number of rotatable bonds is 3. The van der Waals surface area contributed by atoms with Crippen LogP contribution in [-0.4, -0.2) is 43.2 Å². The summed E-state index contributed by atoms with van der Waals surface area (Å²) >= 11 is 1.63. The maximum Gasteiger partial charge on any atom is 0.255 e. The number of thioether (sulfide) groups is 1. The molecule has 1 amide bonds. The molecule has 2 rings (SSSR count). The van der Waals surface area contributed by atoms with Crippen molar-refractivity contribution in [1.29, 1.82) is 0 Å². The Kier molecular flexibility index (Phi) is 6.69. The van der Waals surface area contributed by atoms with Crippen LogP contribution in [0, 0.1) is 0 Å². The SMILES string of the molecule is CNC1CCCN(C(=O)c2ccccc2SC)C1.Cl. The molecule has 19 heavy (non-hydrogen) atoms. The zero-order chi connectivity index (χ0) is 13.0. The second-order valence-corrected chi connectivity index (χ2v) is 5.43. The highest BCUT2D eigenvalue weighted by Crippen LogP contribution is 2.22. The fraction of sp³-hybridized carbons (Fsp3) is 0.500. The average Bonchev–Trinajstić information content (AvgIpc) is 2.46. The van der Waals surface area contributed by atoms with Crippen LogP contribution in [0.1, 0.15) is 23.2 Å². The molecule has 0 spiro atoms. The first-order chi connectivity index (χ1) is 8.76. The average molecular weight is 301 g/mol. The molecular weight excluding hydrogens is 280 g/mol. The fourth-order valence-corrected chi connectivity index (χ4v) is 2.98. The highest BCUT2D eigenvalue weighted by molar-refractivity contribution is 7.98. The van der Waals surface area contributed by atoms with Gasteiger partial charge in [0, 0.05) is 24.0 Å². The molecule has 1 atom stereocenters. The van der Waals surface area contributed by atoms with E-state index in [1.807, 2.05) is 42.5 Å². The van der Waals surface area contributed by atoms with Crippen LogP contribution >= 0.6 is 24.2 Å². The summed E-state index contributed by atoms with van der Waals surface area (Å²) in [6.07, 6.45) is 4.25. The molecule has 1 saturated heterocycles. The highest BCUT2D eigenvalue weighted by Gasteiger charge is 2.24. The maximum absolute atomic E-state index is 12.5. The van der Waals surface area contributed by atoms with Gasteiger partial charge < -0.3 is 10.2 Å². The number of hydrogen-bond donors (Lipinski definition) is 1. The number of nitrogens with one attached hydrogen (secondary N) is 1. The number of piperidine rings is 1. The minimum Gasteiger partial charge on any atom is -0.337 e. The molecule has 1 heterocycles. The van der Waals surface area contributed by atoms with Crippen molar-refractivity contribution in [3.05, 3.63) is 29.8 Å². The third-order valence-corrected chi connectivity index (χ3v) is 4.25. The zero-order valence-electron chi connectivity index (χ0n) is 11.4. The number of hydrogen-bond acceptors (Lipinski definition) is 3. The Hall–Kier alpha value is -0.710. The van der Waals surface area contributed by atoms with Gasteiger partial charge in [-0.05, 0) is 38.3 Å². The predicted octanol–water partition coefficient (Wildman–Crippen LogP) is 2.65. The monoisotopic (exact) mass is 300 g/mol. The summed E-state index contributed by atoms with van der Waals surface area (Å²) in [7, 11) is 1.97. The van der Waals surface area contributed by atoms with Gasteiger partial charge in [0.25, 0.3) is 5.91 Å². The van der Waals surface area contributed by atoms with Crippen molar-refractivity contribution in [3.63, 3.8) is 0 Å². The second kappa shape index (κ2) is 7.78. The molecule has 1 aliphatic rings. The lowest BCUT2D eigenvalue weighted by molar-refractivity contribution is 0.0694. The third kappa shape index (κ3) is 3.88. The van der Waals surface area contributed by atoms with Gasteiger partial charge in [0.05, 0.1) is 5.56 Å².